The van der Waals surface area contributed by atoms with Crippen LogP contribution in [0.5, 0.6) is 5.75 Å². The van der Waals surface area contributed by atoms with Crippen molar-refractivity contribution in [1.29, 1.82) is 0 Å². The second-order valence-corrected chi connectivity index (χ2v) is 3.60. The lowest BCUT2D eigenvalue weighted by molar-refractivity contribution is 0.309. The highest BCUT2D eigenvalue weighted by Crippen LogP contribution is 2.24. The maximum atomic E-state index is 12.6. The van der Waals surface area contributed by atoms with E-state index in [1.807, 2.05) is 0 Å². The molecule has 1 aromatic rings. The van der Waals surface area contributed by atoms with Gasteiger partial charge in [-0.2, -0.15) is 0 Å². The molecule has 1 aromatic carbocycles. The highest BCUT2D eigenvalue weighted by atomic mass is 35.5. The maximum absolute atomic E-state index is 12.6. The molecule has 4 heteroatoms. The molecule has 0 aliphatic heterocycles. The van der Waals surface area contributed by atoms with Crippen LogP contribution >= 0.6 is 23.2 Å². The molecule has 0 spiro atoms. The molecule has 0 N–H and O–H groups in total. The summed E-state index contributed by atoms with van der Waals surface area (Å²) in [6.45, 7) is 0.554. The van der Waals surface area contributed by atoms with Crippen LogP contribution in [0.3, 0.4) is 0 Å². The van der Waals surface area contributed by atoms with Crippen molar-refractivity contribution in [3.05, 3.63) is 29.0 Å². The third-order valence-electron chi connectivity index (χ3n) is 1.68. The topological polar surface area (TPSA) is 9.23 Å². The monoisotopic (exact) mass is 236 g/mol. The molecule has 0 atom stereocenters. The lowest BCUT2D eigenvalue weighted by atomic mass is 10.3. The van der Waals surface area contributed by atoms with E-state index in [1.54, 1.807) is 0 Å². The van der Waals surface area contributed by atoms with Gasteiger partial charge in [-0.1, -0.05) is 11.6 Å². The smallest absolute Gasteiger partial charge is 0.138 e. The quantitative estimate of drug-likeness (QED) is 0.557. The number of ether oxygens (including phenoxy) is 1. The fraction of sp³-hybridized carbons (Fsp3) is 0.400. The summed E-state index contributed by atoms with van der Waals surface area (Å²) >= 11 is 11.3. The molecule has 0 saturated heterocycles. The van der Waals surface area contributed by atoms with Crippen molar-refractivity contribution in [2.75, 3.05) is 12.5 Å². The number of halogens is 3. The molecule has 0 fully saturated rings. The van der Waals surface area contributed by atoms with Crippen molar-refractivity contribution in [1.82, 2.24) is 0 Å². The second kappa shape index (κ2) is 6.10. The van der Waals surface area contributed by atoms with Crippen molar-refractivity contribution in [2.45, 2.75) is 12.8 Å². The van der Waals surface area contributed by atoms with E-state index in [4.69, 9.17) is 27.9 Å². The number of benzene rings is 1. The van der Waals surface area contributed by atoms with Gasteiger partial charge < -0.3 is 4.74 Å². The molecule has 0 heterocycles. The van der Waals surface area contributed by atoms with Crippen LogP contribution in [0.4, 0.5) is 4.39 Å². The molecule has 0 aliphatic carbocycles. The van der Waals surface area contributed by atoms with E-state index in [-0.39, 0.29) is 5.82 Å². The normalized spacial score (nSPS) is 10.2. The zero-order valence-corrected chi connectivity index (χ0v) is 9.11. The van der Waals surface area contributed by atoms with Gasteiger partial charge in [-0.25, -0.2) is 4.39 Å². The standard InChI is InChI=1S/C10H11Cl2FO/c11-5-1-2-6-14-10-4-3-8(13)7-9(10)12/h3-4,7H,1-2,5-6H2. The summed E-state index contributed by atoms with van der Waals surface area (Å²) in [4.78, 5) is 0. The summed E-state index contributed by atoms with van der Waals surface area (Å²) in [7, 11) is 0. The molecule has 1 rings (SSSR count). The van der Waals surface area contributed by atoms with Crippen molar-refractivity contribution in [3.63, 3.8) is 0 Å². The predicted molar refractivity (Wildman–Crippen MR) is 56.9 cm³/mol. The van der Waals surface area contributed by atoms with Gasteiger partial charge in [-0.15, -0.1) is 11.6 Å². The van der Waals surface area contributed by atoms with Gasteiger partial charge in [0.15, 0.2) is 0 Å². The second-order valence-electron chi connectivity index (χ2n) is 2.82. The Bertz CT molecular complexity index is 291. The molecule has 78 valence electrons. The minimum Gasteiger partial charge on any atom is -0.492 e. The molecule has 0 saturated carbocycles. The molecule has 0 amide bonds. The Morgan fingerprint density at radius 3 is 2.71 bits per heavy atom. The van der Waals surface area contributed by atoms with Crippen molar-refractivity contribution >= 4 is 23.2 Å². The van der Waals surface area contributed by atoms with Crippen molar-refractivity contribution in [3.8, 4) is 5.75 Å². The van der Waals surface area contributed by atoms with Gasteiger partial charge in [0.25, 0.3) is 0 Å². The van der Waals surface area contributed by atoms with Crippen LogP contribution in [-0.2, 0) is 0 Å². The van der Waals surface area contributed by atoms with Gasteiger partial charge in [0.1, 0.15) is 11.6 Å². The Hall–Kier alpha value is -0.470. The largest absolute Gasteiger partial charge is 0.492 e. The van der Waals surface area contributed by atoms with Crippen LogP contribution in [-0.4, -0.2) is 12.5 Å². The minimum absolute atomic E-state index is 0.302. The Balaban J connectivity index is 2.42. The number of rotatable bonds is 5. The average Bonchev–Trinajstić information content (AvgIpc) is 2.15. The van der Waals surface area contributed by atoms with Crippen LogP contribution in [0, 0.1) is 5.82 Å². The Morgan fingerprint density at radius 1 is 1.29 bits per heavy atom. The summed E-state index contributed by atoms with van der Waals surface area (Å²) in [5.74, 6) is 0.784. The third kappa shape index (κ3) is 3.72. The van der Waals surface area contributed by atoms with Crippen LogP contribution in [0.15, 0.2) is 18.2 Å². The fourth-order valence-corrected chi connectivity index (χ4v) is 1.38. The molecule has 0 bridgehead atoms. The average molecular weight is 237 g/mol. The molecule has 0 aromatic heterocycles. The SMILES string of the molecule is Fc1ccc(OCCCCCl)c(Cl)c1. The van der Waals surface area contributed by atoms with Crippen LogP contribution < -0.4 is 4.74 Å². The van der Waals surface area contributed by atoms with E-state index >= 15 is 0 Å². The third-order valence-corrected chi connectivity index (χ3v) is 2.24. The van der Waals surface area contributed by atoms with Gasteiger partial charge in [0.05, 0.1) is 11.6 Å². The number of hydrogen-bond acceptors (Lipinski definition) is 1. The van der Waals surface area contributed by atoms with E-state index in [0.717, 1.165) is 12.8 Å². The molecule has 0 aliphatic rings. The first-order valence-corrected chi connectivity index (χ1v) is 5.29. The predicted octanol–water partition coefficient (Wildman–Crippen LogP) is 3.88. The Kier molecular flexibility index (Phi) is 5.05. The van der Waals surface area contributed by atoms with Crippen LogP contribution in [0.25, 0.3) is 0 Å². The lowest BCUT2D eigenvalue weighted by Crippen LogP contribution is -1.98. The molecule has 0 radical (unpaired) electrons. The summed E-state index contributed by atoms with van der Waals surface area (Å²) in [6, 6.07) is 4.08. The van der Waals surface area contributed by atoms with Gasteiger partial charge in [-0.05, 0) is 31.0 Å². The van der Waals surface area contributed by atoms with E-state index < -0.39 is 0 Å². The van der Waals surface area contributed by atoms with E-state index in [9.17, 15) is 4.39 Å². The molecular formula is C10H11Cl2FO. The number of hydrogen-bond donors (Lipinski definition) is 0. The first-order chi connectivity index (χ1) is 6.74. The summed E-state index contributed by atoms with van der Waals surface area (Å²) in [6.07, 6.45) is 1.78. The van der Waals surface area contributed by atoms with E-state index in [0.29, 0.717) is 23.3 Å². The van der Waals surface area contributed by atoms with E-state index in [2.05, 4.69) is 0 Å². The molecule has 1 nitrogen and oxygen atoms in total. The van der Waals surface area contributed by atoms with Gasteiger partial charge >= 0.3 is 0 Å². The molecule has 0 unspecified atom stereocenters. The van der Waals surface area contributed by atoms with Gasteiger partial charge in [0, 0.05) is 5.88 Å². The van der Waals surface area contributed by atoms with Crippen LogP contribution in [0.2, 0.25) is 5.02 Å². The molecular weight excluding hydrogens is 226 g/mol. The summed E-state index contributed by atoms with van der Waals surface area (Å²) in [5.41, 5.74) is 0. The van der Waals surface area contributed by atoms with E-state index in [1.165, 1.54) is 18.2 Å². The number of unbranched alkanes of at least 4 members (excludes halogenated alkanes) is 1. The van der Waals surface area contributed by atoms with Gasteiger partial charge in [-0.3, -0.25) is 0 Å². The lowest BCUT2D eigenvalue weighted by Gasteiger charge is -2.06. The maximum Gasteiger partial charge on any atom is 0.138 e. The summed E-state index contributed by atoms with van der Waals surface area (Å²) < 4.78 is 18.0. The minimum atomic E-state index is -0.358. The van der Waals surface area contributed by atoms with Crippen molar-refractivity contribution < 1.29 is 9.13 Å². The van der Waals surface area contributed by atoms with Gasteiger partial charge in [0.2, 0.25) is 0 Å². The first kappa shape index (κ1) is 11.6. The zero-order chi connectivity index (χ0) is 10.4. The highest BCUT2D eigenvalue weighted by Gasteiger charge is 2.02. The highest BCUT2D eigenvalue weighted by molar-refractivity contribution is 6.32. The first-order valence-electron chi connectivity index (χ1n) is 4.38. The Morgan fingerprint density at radius 2 is 2.07 bits per heavy atom. The molecule has 14 heavy (non-hydrogen) atoms. The Labute approximate surface area is 92.8 Å². The number of alkyl halides is 1. The fourth-order valence-electron chi connectivity index (χ4n) is 0.971. The summed E-state index contributed by atoms with van der Waals surface area (Å²) in [5, 5.41) is 0.302. The zero-order valence-electron chi connectivity index (χ0n) is 7.60. The van der Waals surface area contributed by atoms with Crippen molar-refractivity contribution in [2.24, 2.45) is 0 Å². The van der Waals surface area contributed by atoms with Crippen LogP contribution in [0.1, 0.15) is 12.8 Å².